The number of hydrogen-bond acceptors (Lipinski definition) is 4. The molecular weight excluding hydrogens is 200 g/mol. The molecule has 0 aliphatic carbocycles. The molecule has 3 N–H and O–H groups in total. The van der Waals surface area contributed by atoms with E-state index in [0.29, 0.717) is 17.9 Å². The summed E-state index contributed by atoms with van der Waals surface area (Å²) in [5.41, 5.74) is 6.62. The summed E-state index contributed by atoms with van der Waals surface area (Å²) in [5.74, 6) is 1.84. The number of anilines is 2. The van der Waals surface area contributed by atoms with Crippen molar-refractivity contribution >= 4 is 11.8 Å². The molecule has 0 aliphatic heterocycles. The Kier molecular flexibility index (Phi) is 4.52. The minimum absolute atomic E-state index is 0.324. The van der Waals surface area contributed by atoms with E-state index in [-0.39, 0.29) is 0 Å². The largest absolute Gasteiger partial charge is 0.368 e. The summed E-state index contributed by atoms with van der Waals surface area (Å²) < 4.78 is 0. The Hall–Kier alpha value is -1.32. The van der Waals surface area contributed by atoms with E-state index >= 15 is 0 Å². The van der Waals surface area contributed by atoms with Gasteiger partial charge in [0.15, 0.2) is 0 Å². The second kappa shape index (κ2) is 5.68. The smallest absolute Gasteiger partial charge is 0.221 e. The molecule has 1 unspecified atom stereocenters. The summed E-state index contributed by atoms with van der Waals surface area (Å²) >= 11 is 0. The minimum atomic E-state index is 0.324. The van der Waals surface area contributed by atoms with Crippen LogP contribution >= 0.6 is 0 Å². The van der Waals surface area contributed by atoms with Crippen LogP contribution < -0.4 is 11.1 Å². The highest BCUT2D eigenvalue weighted by Crippen LogP contribution is 2.19. The van der Waals surface area contributed by atoms with Gasteiger partial charge in [0, 0.05) is 17.8 Å². The second-order valence-corrected chi connectivity index (χ2v) is 4.27. The number of nitrogens with one attached hydrogen (secondary N) is 1. The van der Waals surface area contributed by atoms with Gasteiger partial charge < -0.3 is 11.1 Å². The minimum Gasteiger partial charge on any atom is -0.368 e. The third-order valence-electron chi connectivity index (χ3n) is 3.11. The molecule has 0 saturated carbocycles. The molecular formula is C12H22N4. The fourth-order valence-corrected chi connectivity index (χ4v) is 1.93. The van der Waals surface area contributed by atoms with Gasteiger partial charge in [-0.3, -0.25) is 0 Å². The molecule has 0 aliphatic rings. The van der Waals surface area contributed by atoms with Crippen LogP contribution in [-0.2, 0) is 0 Å². The van der Waals surface area contributed by atoms with Crippen molar-refractivity contribution in [2.75, 3.05) is 11.1 Å². The summed E-state index contributed by atoms with van der Waals surface area (Å²) in [6, 6.07) is 0.406. The first-order chi connectivity index (χ1) is 7.58. The van der Waals surface area contributed by atoms with E-state index < -0.39 is 0 Å². The number of nitrogens with two attached hydrogens (primary N) is 1. The molecule has 0 bridgehead atoms. The third kappa shape index (κ3) is 3.08. The zero-order valence-corrected chi connectivity index (χ0v) is 10.6. The normalized spacial score (nSPS) is 12.8. The lowest BCUT2D eigenvalue weighted by molar-refractivity contribution is 0.437. The lowest BCUT2D eigenvalue weighted by Crippen LogP contribution is -2.26. The lowest BCUT2D eigenvalue weighted by atomic mass is 9.95. The topological polar surface area (TPSA) is 63.8 Å². The molecule has 0 aromatic carbocycles. The highest BCUT2D eigenvalue weighted by atomic mass is 15.1. The van der Waals surface area contributed by atoms with Crippen LogP contribution in [0.4, 0.5) is 11.8 Å². The van der Waals surface area contributed by atoms with E-state index in [2.05, 4.69) is 36.1 Å². The summed E-state index contributed by atoms with van der Waals surface area (Å²) in [6.45, 7) is 8.61. The Morgan fingerprint density at radius 2 is 2.00 bits per heavy atom. The van der Waals surface area contributed by atoms with Gasteiger partial charge in [-0.25, -0.2) is 4.98 Å². The zero-order chi connectivity index (χ0) is 12.1. The van der Waals surface area contributed by atoms with Crippen LogP contribution in [0.5, 0.6) is 0 Å². The Labute approximate surface area is 97.7 Å². The standard InChI is InChI=1S/C12H22N4/c1-5-10(6-2)9(4)15-11-8(3)7-14-12(13)16-11/h7,9-10H,5-6H2,1-4H3,(H3,13,14,15,16). The van der Waals surface area contributed by atoms with Crippen molar-refractivity contribution in [3.05, 3.63) is 11.8 Å². The molecule has 0 amide bonds. The molecule has 0 radical (unpaired) electrons. The molecule has 4 nitrogen and oxygen atoms in total. The van der Waals surface area contributed by atoms with Crippen LogP contribution in [0.3, 0.4) is 0 Å². The van der Waals surface area contributed by atoms with Gasteiger partial charge in [-0.2, -0.15) is 4.98 Å². The average Bonchev–Trinajstić information content (AvgIpc) is 2.25. The van der Waals surface area contributed by atoms with E-state index in [1.165, 1.54) is 12.8 Å². The van der Waals surface area contributed by atoms with E-state index in [1.54, 1.807) is 6.20 Å². The van der Waals surface area contributed by atoms with E-state index in [4.69, 9.17) is 5.73 Å². The molecule has 4 heteroatoms. The van der Waals surface area contributed by atoms with Crippen LogP contribution in [0.15, 0.2) is 6.20 Å². The molecule has 0 spiro atoms. The summed E-state index contributed by atoms with van der Waals surface area (Å²) in [4.78, 5) is 8.18. The predicted octanol–water partition coefficient (Wildman–Crippen LogP) is 2.60. The summed E-state index contributed by atoms with van der Waals surface area (Å²) in [7, 11) is 0. The third-order valence-corrected chi connectivity index (χ3v) is 3.11. The first kappa shape index (κ1) is 12.7. The monoisotopic (exact) mass is 222 g/mol. The van der Waals surface area contributed by atoms with Gasteiger partial charge in [-0.15, -0.1) is 0 Å². The van der Waals surface area contributed by atoms with Gasteiger partial charge in [0.1, 0.15) is 5.82 Å². The van der Waals surface area contributed by atoms with Gasteiger partial charge in [-0.05, 0) is 19.8 Å². The molecule has 1 atom stereocenters. The van der Waals surface area contributed by atoms with Crippen molar-refractivity contribution in [3.63, 3.8) is 0 Å². The number of aryl methyl sites for hydroxylation is 1. The fourth-order valence-electron chi connectivity index (χ4n) is 1.93. The fraction of sp³-hybridized carbons (Fsp3) is 0.667. The van der Waals surface area contributed by atoms with Gasteiger partial charge in [0.05, 0.1) is 0 Å². The molecule has 0 saturated heterocycles. The average molecular weight is 222 g/mol. The Balaban J connectivity index is 2.75. The van der Waals surface area contributed by atoms with Gasteiger partial charge in [0.25, 0.3) is 0 Å². The zero-order valence-electron chi connectivity index (χ0n) is 10.6. The van der Waals surface area contributed by atoms with E-state index in [1.807, 2.05) is 6.92 Å². The molecule has 16 heavy (non-hydrogen) atoms. The van der Waals surface area contributed by atoms with Gasteiger partial charge in [-0.1, -0.05) is 26.7 Å². The SMILES string of the molecule is CCC(CC)C(C)Nc1nc(N)ncc1C. The molecule has 90 valence electrons. The molecule has 1 aromatic rings. The van der Waals surface area contributed by atoms with Crippen molar-refractivity contribution in [2.24, 2.45) is 5.92 Å². The quantitative estimate of drug-likeness (QED) is 0.803. The van der Waals surface area contributed by atoms with Gasteiger partial charge in [0.2, 0.25) is 5.95 Å². The van der Waals surface area contributed by atoms with Crippen molar-refractivity contribution in [2.45, 2.75) is 46.6 Å². The number of hydrogen-bond donors (Lipinski definition) is 2. The van der Waals surface area contributed by atoms with Gasteiger partial charge >= 0.3 is 0 Å². The second-order valence-electron chi connectivity index (χ2n) is 4.27. The highest BCUT2D eigenvalue weighted by Gasteiger charge is 2.14. The van der Waals surface area contributed by atoms with Crippen molar-refractivity contribution in [1.82, 2.24) is 9.97 Å². The molecule has 1 heterocycles. The van der Waals surface area contributed by atoms with E-state index in [9.17, 15) is 0 Å². The molecule has 0 fully saturated rings. The number of rotatable bonds is 5. The predicted molar refractivity (Wildman–Crippen MR) is 68.3 cm³/mol. The van der Waals surface area contributed by atoms with Crippen molar-refractivity contribution < 1.29 is 0 Å². The van der Waals surface area contributed by atoms with Crippen LogP contribution in [0.1, 0.15) is 39.2 Å². The Bertz CT molecular complexity index is 334. The maximum absolute atomic E-state index is 5.58. The summed E-state index contributed by atoms with van der Waals surface area (Å²) in [5, 5.41) is 3.42. The Morgan fingerprint density at radius 1 is 1.38 bits per heavy atom. The van der Waals surface area contributed by atoms with E-state index in [0.717, 1.165) is 11.4 Å². The first-order valence-electron chi connectivity index (χ1n) is 5.94. The maximum Gasteiger partial charge on any atom is 0.221 e. The number of nitrogens with zero attached hydrogens (tertiary/aromatic N) is 2. The van der Waals surface area contributed by atoms with Crippen LogP contribution in [-0.4, -0.2) is 16.0 Å². The molecule has 1 rings (SSSR count). The number of aromatic nitrogens is 2. The van der Waals surface area contributed by atoms with Crippen LogP contribution in [0.2, 0.25) is 0 Å². The van der Waals surface area contributed by atoms with Crippen LogP contribution in [0, 0.1) is 12.8 Å². The highest BCUT2D eigenvalue weighted by molar-refractivity contribution is 5.45. The maximum atomic E-state index is 5.58. The molecule has 1 aromatic heterocycles. The van der Waals surface area contributed by atoms with Crippen molar-refractivity contribution in [1.29, 1.82) is 0 Å². The Morgan fingerprint density at radius 3 is 2.56 bits per heavy atom. The summed E-state index contributed by atoms with van der Waals surface area (Å²) in [6.07, 6.45) is 4.10. The lowest BCUT2D eigenvalue weighted by Gasteiger charge is -2.23. The number of nitrogen functional groups attached to an aromatic ring is 1. The van der Waals surface area contributed by atoms with Crippen LogP contribution in [0.25, 0.3) is 0 Å². The van der Waals surface area contributed by atoms with Crippen molar-refractivity contribution in [3.8, 4) is 0 Å². The first-order valence-corrected chi connectivity index (χ1v) is 5.94.